The highest BCUT2D eigenvalue weighted by Gasteiger charge is 2.26. The average Bonchev–Trinajstić information content (AvgIpc) is 2.99. The zero-order chi connectivity index (χ0) is 16.7. The number of halogens is 1. The molecule has 134 valence electrons. The fourth-order valence-corrected chi connectivity index (χ4v) is 3.27. The first kappa shape index (κ1) is 20.8. The maximum Gasteiger partial charge on any atom is 0.255 e. The topological polar surface area (TPSA) is 84.7 Å². The number of rotatable bonds is 7. The molecule has 1 fully saturated rings. The lowest BCUT2D eigenvalue weighted by atomic mass is 10.2. The molecule has 1 aliphatic rings. The fraction of sp³-hybridized carbons (Fsp3) is 0.500. The van der Waals surface area contributed by atoms with Crippen molar-refractivity contribution in [2.75, 3.05) is 39.1 Å². The van der Waals surface area contributed by atoms with Gasteiger partial charge in [0, 0.05) is 37.7 Å². The number of benzene rings is 1. The molecule has 0 unspecified atom stereocenters. The molecule has 8 heteroatoms. The third-order valence-corrected chi connectivity index (χ3v) is 4.69. The minimum atomic E-state index is -0.0718. The van der Waals surface area contributed by atoms with E-state index in [0.29, 0.717) is 31.8 Å². The van der Waals surface area contributed by atoms with Crippen LogP contribution in [-0.2, 0) is 9.53 Å². The molecule has 1 aromatic carbocycles. The molecule has 1 saturated heterocycles. The van der Waals surface area contributed by atoms with Crippen molar-refractivity contribution in [3.8, 4) is 0 Å². The minimum Gasteiger partial charge on any atom is -0.383 e. The zero-order valence-corrected chi connectivity index (χ0v) is 15.3. The Morgan fingerprint density at radius 2 is 2.17 bits per heavy atom. The van der Waals surface area contributed by atoms with Crippen LogP contribution in [0.1, 0.15) is 16.8 Å². The SMILES string of the molecule is COCCNC(=O)CSc1ccccc1C(=O)N1CC[C@@H](N)C1.Cl. The highest BCUT2D eigenvalue weighted by Crippen LogP contribution is 2.24. The Morgan fingerprint density at radius 3 is 2.83 bits per heavy atom. The summed E-state index contributed by atoms with van der Waals surface area (Å²) >= 11 is 1.37. The normalized spacial score (nSPS) is 16.6. The van der Waals surface area contributed by atoms with Gasteiger partial charge in [-0.1, -0.05) is 12.1 Å². The van der Waals surface area contributed by atoms with E-state index < -0.39 is 0 Å². The van der Waals surface area contributed by atoms with E-state index in [-0.39, 0.29) is 36.0 Å². The van der Waals surface area contributed by atoms with E-state index in [1.54, 1.807) is 18.1 Å². The molecular weight excluding hydrogens is 350 g/mol. The first-order valence-electron chi connectivity index (χ1n) is 7.64. The van der Waals surface area contributed by atoms with Gasteiger partial charge in [0.05, 0.1) is 17.9 Å². The quantitative estimate of drug-likeness (QED) is 0.553. The Hall–Kier alpha value is -1.28. The lowest BCUT2D eigenvalue weighted by molar-refractivity contribution is -0.118. The Bertz CT molecular complexity index is 559. The molecule has 0 bridgehead atoms. The van der Waals surface area contributed by atoms with Crippen LogP contribution in [0.25, 0.3) is 0 Å². The van der Waals surface area contributed by atoms with E-state index in [1.165, 1.54) is 11.8 Å². The van der Waals surface area contributed by atoms with Gasteiger partial charge in [0.25, 0.3) is 5.91 Å². The van der Waals surface area contributed by atoms with Crippen molar-refractivity contribution in [2.24, 2.45) is 5.73 Å². The summed E-state index contributed by atoms with van der Waals surface area (Å²) in [6.07, 6.45) is 0.836. The number of ether oxygens (including phenoxy) is 1. The number of carbonyl (C=O) groups is 2. The van der Waals surface area contributed by atoms with Crippen molar-refractivity contribution in [3.05, 3.63) is 29.8 Å². The monoisotopic (exact) mass is 373 g/mol. The number of nitrogens with two attached hydrogens (primary N) is 1. The summed E-state index contributed by atoms with van der Waals surface area (Å²) in [6, 6.07) is 7.45. The van der Waals surface area contributed by atoms with Crippen LogP contribution >= 0.6 is 24.2 Å². The van der Waals surface area contributed by atoms with Crippen LogP contribution in [0.15, 0.2) is 29.2 Å². The maximum absolute atomic E-state index is 12.6. The largest absolute Gasteiger partial charge is 0.383 e. The summed E-state index contributed by atoms with van der Waals surface area (Å²) in [7, 11) is 1.59. The zero-order valence-electron chi connectivity index (χ0n) is 13.7. The van der Waals surface area contributed by atoms with Gasteiger partial charge < -0.3 is 20.7 Å². The van der Waals surface area contributed by atoms with E-state index in [9.17, 15) is 9.59 Å². The second kappa shape index (κ2) is 10.6. The number of carbonyl (C=O) groups excluding carboxylic acids is 2. The number of nitrogens with one attached hydrogen (secondary N) is 1. The smallest absolute Gasteiger partial charge is 0.255 e. The predicted molar refractivity (Wildman–Crippen MR) is 97.8 cm³/mol. The summed E-state index contributed by atoms with van der Waals surface area (Å²) in [6.45, 7) is 2.26. The lowest BCUT2D eigenvalue weighted by Gasteiger charge is -2.17. The van der Waals surface area contributed by atoms with E-state index in [1.807, 2.05) is 18.2 Å². The van der Waals surface area contributed by atoms with Crippen molar-refractivity contribution in [2.45, 2.75) is 17.4 Å². The Morgan fingerprint density at radius 1 is 1.42 bits per heavy atom. The van der Waals surface area contributed by atoms with Gasteiger partial charge in [-0.25, -0.2) is 0 Å². The standard InChI is InChI=1S/C16H23N3O3S.ClH/c1-22-9-7-18-15(20)11-23-14-5-3-2-4-13(14)16(21)19-8-6-12(17)10-19;/h2-5,12H,6-11,17H2,1H3,(H,18,20);1H/t12-;/m1./s1. The van der Waals surface area contributed by atoms with Gasteiger partial charge in [0.2, 0.25) is 5.91 Å². The van der Waals surface area contributed by atoms with Gasteiger partial charge in [-0.05, 0) is 18.6 Å². The van der Waals surface area contributed by atoms with Crippen LogP contribution in [0.2, 0.25) is 0 Å². The van der Waals surface area contributed by atoms with Crippen molar-refractivity contribution >= 4 is 36.0 Å². The summed E-state index contributed by atoms with van der Waals surface area (Å²) in [5, 5.41) is 2.77. The number of amides is 2. The first-order chi connectivity index (χ1) is 11.1. The van der Waals surface area contributed by atoms with Gasteiger partial charge in [0.15, 0.2) is 0 Å². The molecule has 1 atom stereocenters. The van der Waals surface area contributed by atoms with Gasteiger partial charge in [-0.2, -0.15) is 0 Å². The fourth-order valence-electron chi connectivity index (χ4n) is 2.40. The van der Waals surface area contributed by atoms with E-state index in [2.05, 4.69) is 5.32 Å². The van der Waals surface area contributed by atoms with Crippen LogP contribution in [0.5, 0.6) is 0 Å². The molecule has 0 spiro atoms. The van der Waals surface area contributed by atoms with Gasteiger partial charge >= 0.3 is 0 Å². The molecule has 1 aliphatic heterocycles. The van der Waals surface area contributed by atoms with E-state index in [4.69, 9.17) is 10.5 Å². The van der Waals surface area contributed by atoms with Crippen LogP contribution < -0.4 is 11.1 Å². The van der Waals surface area contributed by atoms with Gasteiger partial charge in [-0.15, -0.1) is 24.2 Å². The highest BCUT2D eigenvalue weighted by molar-refractivity contribution is 8.00. The summed E-state index contributed by atoms with van der Waals surface area (Å²) in [5.74, 6) is 0.186. The number of thioether (sulfide) groups is 1. The third-order valence-electron chi connectivity index (χ3n) is 3.62. The third kappa shape index (κ3) is 5.98. The number of likely N-dealkylation sites (tertiary alicyclic amines) is 1. The number of hydrogen-bond acceptors (Lipinski definition) is 5. The lowest BCUT2D eigenvalue weighted by Crippen LogP contribution is -2.32. The maximum atomic E-state index is 12.6. The Labute approximate surface area is 152 Å². The van der Waals surface area contributed by atoms with Crippen molar-refractivity contribution in [1.29, 1.82) is 0 Å². The van der Waals surface area contributed by atoms with Crippen molar-refractivity contribution < 1.29 is 14.3 Å². The molecule has 0 radical (unpaired) electrons. The predicted octanol–water partition coefficient (Wildman–Crippen LogP) is 1.14. The Balaban J connectivity index is 0.00000288. The molecule has 3 N–H and O–H groups in total. The van der Waals surface area contributed by atoms with Crippen molar-refractivity contribution in [3.63, 3.8) is 0 Å². The van der Waals surface area contributed by atoms with Crippen LogP contribution in [0, 0.1) is 0 Å². The average molecular weight is 374 g/mol. The molecule has 1 heterocycles. The van der Waals surface area contributed by atoms with Gasteiger partial charge in [-0.3, -0.25) is 9.59 Å². The molecular formula is C16H24ClN3O3S. The number of nitrogens with zero attached hydrogens (tertiary/aromatic N) is 1. The number of methoxy groups -OCH3 is 1. The second-order valence-electron chi connectivity index (χ2n) is 5.43. The summed E-state index contributed by atoms with van der Waals surface area (Å²) in [4.78, 5) is 27.0. The van der Waals surface area contributed by atoms with Crippen LogP contribution in [0.4, 0.5) is 0 Å². The molecule has 0 aliphatic carbocycles. The molecule has 6 nitrogen and oxygen atoms in total. The molecule has 24 heavy (non-hydrogen) atoms. The Kier molecular flexibility index (Phi) is 9.13. The molecule has 2 rings (SSSR count). The summed E-state index contributed by atoms with van der Waals surface area (Å²) in [5.41, 5.74) is 6.51. The molecule has 2 amide bonds. The minimum absolute atomic E-state index is 0. The summed E-state index contributed by atoms with van der Waals surface area (Å²) < 4.78 is 4.89. The van der Waals surface area contributed by atoms with Crippen molar-refractivity contribution in [1.82, 2.24) is 10.2 Å². The van der Waals surface area contributed by atoms with Gasteiger partial charge in [0.1, 0.15) is 0 Å². The number of hydrogen-bond donors (Lipinski definition) is 2. The van der Waals surface area contributed by atoms with E-state index in [0.717, 1.165) is 11.3 Å². The van der Waals surface area contributed by atoms with Crippen LogP contribution in [-0.4, -0.2) is 61.9 Å². The van der Waals surface area contributed by atoms with E-state index >= 15 is 0 Å². The molecule has 1 aromatic rings. The van der Waals surface area contributed by atoms with Crippen LogP contribution in [0.3, 0.4) is 0 Å². The second-order valence-corrected chi connectivity index (χ2v) is 6.44. The molecule has 0 aromatic heterocycles. The highest BCUT2D eigenvalue weighted by atomic mass is 35.5. The first-order valence-corrected chi connectivity index (χ1v) is 8.62. The molecule has 0 saturated carbocycles.